The molecule has 1 heterocycles. The molecule has 0 amide bonds. The summed E-state index contributed by atoms with van der Waals surface area (Å²) in [7, 11) is 0. The number of nitrogens with zero attached hydrogens (tertiary/aromatic N) is 1. The van der Waals surface area contributed by atoms with Gasteiger partial charge in [-0.05, 0) is 86.1 Å². The molecule has 0 N–H and O–H groups in total. The lowest BCUT2D eigenvalue weighted by molar-refractivity contribution is 0.670. The Bertz CT molecular complexity index is 2800. The normalized spacial score (nSPS) is 11.3. The molecule has 54 heavy (non-hydrogen) atoms. The van der Waals surface area contributed by atoms with Crippen molar-refractivity contribution in [3.05, 3.63) is 212 Å². The van der Waals surface area contributed by atoms with Gasteiger partial charge in [-0.1, -0.05) is 176 Å². The molecule has 10 rings (SSSR count). The van der Waals surface area contributed by atoms with Crippen molar-refractivity contribution in [2.45, 2.75) is 0 Å². The fourth-order valence-electron chi connectivity index (χ4n) is 7.89. The van der Waals surface area contributed by atoms with E-state index in [-0.39, 0.29) is 0 Å². The summed E-state index contributed by atoms with van der Waals surface area (Å²) >= 11 is 0. The predicted octanol–water partition coefficient (Wildman–Crippen LogP) is 14.9. The Labute approximate surface area is 314 Å². The van der Waals surface area contributed by atoms with Crippen molar-refractivity contribution in [3.8, 4) is 44.5 Å². The fourth-order valence-corrected chi connectivity index (χ4v) is 7.89. The van der Waals surface area contributed by atoms with Crippen LogP contribution < -0.4 is 4.90 Å². The highest BCUT2D eigenvalue weighted by Crippen LogP contribution is 2.48. The highest BCUT2D eigenvalue weighted by Gasteiger charge is 2.23. The zero-order valence-corrected chi connectivity index (χ0v) is 29.6. The molecule has 0 aliphatic heterocycles. The first-order valence-corrected chi connectivity index (χ1v) is 18.4. The van der Waals surface area contributed by atoms with Crippen LogP contribution in [0.2, 0.25) is 0 Å². The lowest BCUT2D eigenvalue weighted by Gasteiger charge is -2.26. The Kier molecular flexibility index (Phi) is 7.85. The standard InChI is InChI=1S/C52H35NO/c1-4-14-36(15-5-1)38-26-30-42(31-27-38)53(43-32-28-39(29-33-43)37-16-6-2-7-17-37)49-25-13-24-48-50-47(46-23-12-21-40-20-10-11-22-44(40)46)35-34-45(52(50)54-51(48)49)41-18-8-3-9-19-41/h1-35H. The second-order valence-electron chi connectivity index (χ2n) is 13.7. The molecular formula is C52H35NO. The Hall–Kier alpha value is -7.16. The van der Waals surface area contributed by atoms with Gasteiger partial charge in [-0.25, -0.2) is 0 Å². The summed E-state index contributed by atoms with van der Waals surface area (Å²) in [5.41, 5.74) is 14.1. The topological polar surface area (TPSA) is 16.4 Å². The van der Waals surface area contributed by atoms with E-state index >= 15 is 0 Å². The third-order valence-corrected chi connectivity index (χ3v) is 10.5. The molecule has 0 spiro atoms. The molecule has 0 atom stereocenters. The van der Waals surface area contributed by atoms with E-state index in [0.717, 1.165) is 55.7 Å². The monoisotopic (exact) mass is 689 g/mol. The number of rotatable bonds is 7. The summed E-state index contributed by atoms with van der Waals surface area (Å²) in [6.45, 7) is 0. The lowest BCUT2D eigenvalue weighted by Crippen LogP contribution is -2.10. The third kappa shape index (κ3) is 5.53. The van der Waals surface area contributed by atoms with Crippen LogP contribution in [0.5, 0.6) is 0 Å². The molecule has 0 aliphatic carbocycles. The number of fused-ring (bicyclic) bond motifs is 4. The maximum Gasteiger partial charge on any atom is 0.159 e. The van der Waals surface area contributed by atoms with Crippen molar-refractivity contribution in [1.29, 1.82) is 0 Å². The number of furan rings is 1. The molecule has 0 fully saturated rings. The Balaban J connectivity index is 1.22. The second kappa shape index (κ2) is 13.4. The number of hydrogen-bond acceptors (Lipinski definition) is 2. The molecule has 0 unspecified atom stereocenters. The number of hydrogen-bond donors (Lipinski definition) is 0. The van der Waals surface area contributed by atoms with Crippen LogP contribution in [0.3, 0.4) is 0 Å². The molecular weight excluding hydrogens is 655 g/mol. The lowest BCUT2D eigenvalue weighted by atomic mass is 9.92. The van der Waals surface area contributed by atoms with Gasteiger partial charge >= 0.3 is 0 Å². The molecule has 0 saturated heterocycles. The van der Waals surface area contributed by atoms with Crippen LogP contribution in [0, 0.1) is 0 Å². The van der Waals surface area contributed by atoms with Gasteiger partial charge in [0, 0.05) is 27.7 Å². The van der Waals surface area contributed by atoms with Crippen molar-refractivity contribution in [2.24, 2.45) is 0 Å². The molecule has 1 aromatic heterocycles. The molecule has 2 heteroatoms. The third-order valence-electron chi connectivity index (χ3n) is 10.5. The van der Waals surface area contributed by atoms with Gasteiger partial charge in [-0.15, -0.1) is 0 Å². The number of benzene rings is 9. The summed E-state index contributed by atoms with van der Waals surface area (Å²) in [5.74, 6) is 0. The van der Waals surface area contributed by atoms with Crippen LogP contribution >= 0.6 is 0 Å². The van der Waals surface area contributed by atoms with Gasteiger partial charge in [0.25, 0.3) is 0 Å². The molecule has 0 saturated carbocycles. The van der Waals surface area contributed by atoms with E-state index in [9.17, 15) is 0 Å². The van der Waals surface area contributed by atoms with E-state index in [0.29, 0.717) is 0 Å². The molecule has 0 bridgehead atoms. The van der Waals surface area contributed by atoms with E-state index in [1.54, 1.807) is 0 Å². The fraction of sp³-hybridized carbons (Fsp3) is 0. The highest BCUT2D eigenvalue weighted by molar-refractivity contribution is 6.20. The second-order valence-corrected chi connectivity index (χ2v) is 13.7. The zero-order valence-electron chi connectivity index (χ0n) is 29.6. The van der Waals surface area contributed by atoms with Crippen LogP contribution in [-0.4, -0.2) is 0 Å². The summed E-state index contributed by atoms with van der Waals surface area (Å²) in [6.07, 6.45) is 0. The average molecular weight is 690 g/mol. The van der Waals surface area contributed by atoms with Gasteiger partial charge in [0.1, 0.15) is 5.58 Å². The molecule has 2 nitrogen and oxygen atoms in total. The van der Waals surface area contributed by atoms with Gasteiger partial charge in [-0.3, -0.25) is 0 Å². The van der Waals surface area contributed by atoms with E-state index in [4.69, 9.17) is 4.42 Å². The van der Waals surface area contributed by atoms with Crippen LogP contribution in [0.4, 0.5) is 17.1 Å². The molecule has 0 radical (unpaired) electrons. The first-order valence-electron chi connectivity index (χ1n) is 18.4. The Morgan fingerprint density at radius 2 is 0.778 bits per heavy atom. The maximum absolute atomic E-state index is 7.21. The first kappa shape index (κ1) is 31.6. The van der Waals surface area contributed by atoms with E-state index in [1.165, 1.54) is 38.6 Å². The van der Waals surface area contributed by atoms with Crippen molar-refractivity contribution >= 4 is 49.8 Å². The van der Waals surface area contributed by atoms with Crippen molar-refractivity contribution in [1.82, 2.24) is 0 Å². The van der Waals surface area contributed by atoms with Crippen LogP contribution in [0.1, 0.15) is 0 Å². The first-order chi connectivity index (χ1) is 26.8. The maximum atomic E-state index is 7.21. The average Bonchev–Trinajstić information content (AvgIpc) is 3.65. The predicted molar refractivity (Wildman–Crippen MR) is 228 cm³/mol. The summed E-state index contributed by atoms with van der Waals surface area (Å²) < 4.78 is 7.21. The van der Waals surface area contributed by atoms with Gasteiger partial charge in [0.05, 0.1) is 5.69 Å². The van der Waals surface area contributed by atoms with Crippen LogP contribution in [0.25, 0.3) is 77.2 Å². The molecule has 0 aliphatic rings. The van der Waals surface area contributed by atoms with Crippen molar-refractivity contribution < 1.29 is 4.42 Å². The minimum Gasteiger partial charge on any atom is -0.453 e. The Morgan fingerprint density at radius 1 is 0.296 bits per heavy atom. The smallest absolute Gasteiger partial charge is 0.159 e. The minimum absolute atomic E-state index is 0.844. The minimum atomic E-state index is 0.844. The molecule has 10 aromatic rings. The van der Waals surface area contributed by atoms with Crippen molar-refractivity contribution in [3.63, 3.8) is 0 Å². The van der Waals surface area contributed by atoms with Crippen LogP contribution in [-0.2, 0) is 0 Å². The summed E-state index contributed by atoms with van der Waals surface area (Å²) in [4.78, 5) is 2.33. The van der Waals surface area contributed by atoms with Gasteiger partial charge in [-0.2, -0.15) is 0 Å². The summed E-state index contributed by atoms with van der Waals surface area (Å²) in [6, 6.07) is 75.6. The SMILES string of the molecule is c1ccc(-c2ccc(N(c3ccc(-c4ccccc4)cc3)c3cccc4c3oc3c(-c5ccccc5)ccc(-c5cccc6ccccc56)c34)cc2)cc1. The van der Waals surface area contributed by atoms with Crippen LogP contribution in [0.15, 0.2) is 217 Å². The van der Waals surface area contributed by atoms with E-state index in [1.807, 2.05) is 0 Å². The van der Waals surface area contributed by atoms with Gasteiger partial charge in [0.15, 0.2) is 5.58 Å². The number of para-hydroxylation sites is 1. The van der Waals surface area contributed by atoms with Crippen molar-refractivity contribution in [2.75, 3.05) is 4.90 Å². The highest BCUT2D eigenvalue weighted by atomic mass is 16.3. The largest absolute Gasteiger partial charge is 0.453 e. The molecule has 254 valence electrons. The Morgan fingerprint density at radius 3 is 1.41 bits per heavy atom. The van der Waals surface area contributed by atoms with E-state index in [2.05, 4.69) is 217 Å². The van der Waals surface area contributed by atoms with Gasteiger partial charge in [0.2, 0.25) is 0 Å². The quantitative estimate of drug-likeness (QED) is 0.166. The number of anilines is 3. The zero-order chi connectivity index (χ0) is 35.8. The molecule has 9 aromatic carbocycles. The van der Waals surface area contributed by atoms with Gasteiger partial charge < -0.3 is 9.32 Å². The summed E-state index contributed by atoms with van der Waals surface area (Å²) in [5, 5.41) is 4.63. The van der Waals surface area contributed by atoms with E-state index < -0.39 is 0 Å².